The average Bonchev–Trinajstić information content (AvgIpc) is 3.39. The Morgan fingerprint density at radius 3 is 2.53 bits per heavy atom. The van der Waals surface area contributed by atoms with E-state index in [1.807, 2.05) is 44.2 Å². The minimum atomic E-state index is -1.15. The van der Waals surface area contributed by atoms with Gasteiger partial charge in [-0.05, 0) is 37.2 Å². The van der Waals surface area contributed by atoms with Crippen molar-refractivity contribution >= 4 is 23.6 Å². The molecule has 0 unspecified atom stereocenters. The summed E-state index contributed by atoms with van der Waals surface area (Å²) in [5, 5.41) is 2.85. The summed E-state index contributed by atoms with van der Waals surface area (Å²) in [6.45, 7) is 6.95. The number of carbonyl (C=O) groups is 4. The van der Waals surface area contributed by atoms with Crippen LogP contribution in [0.5, 0.6) is 0 Å². The van der Waals surface area contributed by atoms with Gasteiger partial charge in [-0.1, -0.05) is 50.8 Å². The maximum absolute atomic E-state index is 13.6. The lowest BCUT2D eigenvalue weighted by Crippen LogP contribution is -2.54. The Morgan fingerprint density at radius 2 is 1.92 bits per heavy atom. The van der Waals surface area contributed by atoms with Crippen molar-refractivity contribution in [1.29, 1.82) is 0 Å². The highest BCUT2D eigenvalue weighted by molar-refractivity contribution is 5.95. The second-order valence-corrected chi connectivity index (χ2v) is 10.1. The summed E-state index contributed by atoms with van der Waals surface area (Å²) < 4.78 is 18.6. The predicted molar refractivity (Wildman–Crippen MR) is 142 cm³/mol. The number of benzene rings is 1. The van der Waals surface area contributed by atoms with Crippen molar-refractivity contribution in [2.75, 3.05) is 26.8 Å². The van der Waals surface area contributed by atoms with Gasteiger partial charge in [0.15, 0.2) is 11.6 Å². The third-order valence-corrected chi connectivity index (χ3v) is 6.82. The van der Waals surface area contributed by atoms with Crippen LogP contribution in [0.4, 0.5) is 9.18 Å². The summed E-state index contributed by atoms with van der Waals surface area (Å²) in [5.41, 5.74) is 6.30. The van der Waals surface area contributed by atoms with Crippen LogP contribution in [0.15, 0.2) is 42.7 Å². The van der Waals surface area contributed by atoms with E-state index in [9.17, 15) is 23.6 Å². The molecule has 0 bridgehead atoms. The topological polar surface area (TPSA) is 122 Å². The van der Waals surface area contributed by atoms with Gasteiger partial charge >= 0.3 is 6.09 Å². The summed E-state index contributed by atoms with van der Waals surface area (Å²) >= 11 is 0. The molecule has 2 amide bonds. The number of hydrogen-bond donors (Lipinski definition) is 2. The fraction of sp³-hybridized carbons (Fsp3) is 0.571. The molecule has 1 fully saturated rings. The maximum Gasteiger partial charge on any atom is 0.410 e. The van der Waals surface area contributed by atoms with Gasteiger partial charge in [0.25, 0.3) is 0 Å². The fourth-order valence-corrected chi connectivity index (χ4v) is 4.83. The van der Waals surface area contributed by atoms with Crippen LogP contribution in [0.2, 0.25) is 0 Å². The van der Waals surface area contributed by atoms with Crippen LogP contribution < -0.4 is 11.1 Å². The first-order valence-electron chi connectivity index (χ1n) is 13.1. The Labute approximate surface area is 224 Å². The molecule has 1 aliphatic heterocycles. The van der Waals surface area contributed by atoms with E-state index in [0.29, 0.717) is 44.6 Å². The Bertz CT molecular complexity index is 971. The van der Waals surface area contributed by atoms with Crippen LogP contribution >= 0.6 is 0 Å². The Balaban J connectivity index is 2.06. The summed E-state index contributed by atoms with van der Waals surface area (Å²) in [4.78, 5) is 54.7. The van der Waals surface area contributed by atoms with E-state index in [1.54, 1.807) is 0 Å². The number of hydrogen-bond acceptors (Lipinski definition) is 7. The van der Waals surface area contributed by atoms with Crippen molar-refractivity contribution in [3.8, 4) is 0 Å². The van der Waals surface area contributed by atoms with Crippen molar-refractivity contribution in [2.45, 2.75) is 64.6 Å². The van der Waals surface area contributed by atoms with Crippen LogP contribution in [0.1, 0.15) is 51.5 Å². The Hall–Kier alpha value is -3.43. The van der Waals surface area contributed by atoms with Crippen LogP contribution in [0.25, 0.3) is 0 Å². The molecular weight excluding hydrogens is 491 g/mol. The highest BCUT2D eigenvalue weighted by Crippen LogP contribution is 2.26. The first kappa shape index (κ1) is 30.8. The summed E-state index contributed by atoms with van der Waals surface area (Å²) in [6, 6.07) is 7.69. The van der Waals surface area contributed by atoms with E-state index in [-0.39, 0.29) is 30.6 Å². The van der Waals surface area contributed by atoms with Crippen molar-refractivity contribution in [2.24, 2.45) is 17.6 Å². The number of ketones is 2. The number of rotatable bonds is 15. The molecule has 1 saturated heterocycles. The van der Waals surface area contributed by atoms with Crippen LogP contribution in [-0.4, -0.2) is 72.3 Å². The molecule has 38 heavy (non-hydrogen) atoms. The molecule has 0 saturated carbocycles. The molecule has 0 aromatic heterocycles. The van der Waals surface area contributed by atoms with Crippen molar-refractivity contribution < 1.29 is 28.3 Å². The molecule has 1 heterocycles. The van der Waals surface area contributed by atoms with Gasteiger partial charge in [-0.15, -0.1) is 0 Å². The van der Waals surface area contributed by atoms with E-state index >= 15 is 0 Å². The zero-order valence-electron chi connectivity index (χ0n) is 22.7. The van der Waals surface area contributed by atoms with Gasteiger partial charge in [0.2, 0.25) is 5.91 Å². The Kier molecular flexibility index (Phi) is 12.2. The average molecular weight is 533 g/mol. The molecule has 0 spiro atoms. The second-order valence-electron chi connectivity index (χ2n) is 10.1. The fourth-order valence-electron chi connectivity index (χ4n) is 4.83. The van der Waals surface area contributed by atoms with E-state index in [0.717, 1.165) is 5.56 Å². The van der Waals surface area contributed by atoms with Gasteiger partial charge in [-0.25, -0.2) is 9.18 Å². The van der Waals surface area contributed by atoms with Gasteiger partial charge in [0.05, 0.1) is 11.9 Å². The summed E-state index contributed by atoms with van der Waals surface area (Å²) in [5.74, 6) is -1.94. The molecule has 1 aliphatic rings. The minimum Gasteiger partial charge on any atom is -0.445 e. The molecule has 3 N–H and O–H groups in total. The molecule has 0 radical (unpaired) electrons. The van der Waals surface area contributed by atoms with Crippen LogP contribution in [-0.2, 0) is 25.7 Å². The highest BCUT2D eigenvalue weighted by atomic mass is 19.1. The Morgan fingerprint density at radius 1 is 1.24 bits per heavy atom. The number of alkyl halides is 1. The van der Waals surface area contributed by atoms with Gasteiger partial charge < -0.3 is 20.7 Å². The first-order valence-corrected chi connectivity index (χ1v) is 13.1. The lowest BCUT2D eigenvalue weighted by Gasteiger charge is -2.35. The second kappa shape index (κ2) is 15.1. The third kappa shape index (κ3) is 8.85. The van der Waals surface area contributed by atoms with Crippen molar-refractivity contribution in [3.05, 3.63) is 48.3 Å². The van der Waals surface area contributed by atoms with E-state index in [4.69, 9.17) is 10.5 Å². The summed E-state index contributed by atoms with van der Waals surface area (Å²) in [6.07, 6.45) is 1.15. The summed E-state index contributed by atoms with van der Waals surface area (Å²) in [7, 11) is 1.52. The maximum atomic E-state index is 13.6. The number of nitrogens with zero attached hydrogens (tertiary/aromatic N) is 2. The number of nitrogens with two attached hydrogens (primary N) is 1. The molecule has 0 aliphatic carbocycles. The first-order chi connectivity index (χ1) is 18.1. The molecule has 10 heteroatoms. The van der Waals surface area contributed by atoms with Gasteiger partial charge in [-0.2, -0.15) is 0 Å². The lowest BCUT2D eigenvalue weighted by atomic mass is 9.90. The van der Waals surface area contributed by atoms with E-state index in [1.165, 1.54) is 16.8 Å². The third-order valence-electron chi connectivity index (χ3n) is 6.82. The monoisotopic (exact) mass is 532 g/mol. The number of amides is 2. The predicted octanol–water partition coefficient (Wildman–Crippen LogP) is 3.18. The molecule has 1 aromatic carbocycles. The lowest BCUT2D eigenvalue weighted by molar-refractivity contribution is -0.143. The smallest absolute Gasteiger partial charge is 0.410 e. The van der Waals surface area contributed by atoms with Crippen molar-refractivity contribution in [1.82, 2.24) is 15.1 Å². The molecule has 3 atom stereocenters. The normalized spacial score (nSPS) is 16.6. The molecular formula is C28H41FN4O5. The SMILES string of the molecule is C=C(N)NCCC[C@H](CC(=O)[C@@H]1CCCN1C(=O)[C@H](C(C)C)N(C)C(=O)OCc1ccccc1)C(=O)CF. The van der Waals surface area contributed by atoms with Crippen molar-refractivity contribution in [3.63, 3.8) is 0 Å². The number of likely N-dealkylation sites (N-methyl/N-ethyl adjacent to an activating group) is 1. The van der Waals surface area contributed by atoms with Crippen LogP contribution in [0.3, 0.4) is 0 Å². The van der Waals surface area contributed by atoms with Crippen LogP contribution in [0, 0.1) is 11.8 Å². The largest absolute Gasteiger partial charge is 0.445 e. The highest BCUT2D eigenvalue weighted by Gasteiger charge is 2.41. The number of likely N-dealkylation sites (tertiary alicyclic amines) is 1. The molecule has 1 aromatic rings. The zero-order valence-corrected chi connectivity index (χ0v) is 22.7. The number of nitrogens with one attached hydrogen (secondary N) is 1. The number of ether oxygens (including phenoxy) is 1. The number of halogens is 1. The molecule has 2 rings (SSSR count). The molecule has 210 valence electrons. The quantitative estimate of drug-likeness (QED) is 0.333. The van der Waals surface area contributed by atoms with Gasteiger partial charge in [0.1, 0.15) is 19.3 Å². The number of carbonyl (C=O) groups excluding carboxylic acids is 4. The van der Waals surface area contributed by atoms with Gasteiger partial charge in [0, 0.05) is 32.5 Å². The molecule has 9 nitrogen and oxygen atoms in total. The zero-order chi connectivity index (χ0) is 28.2. The number of Topliss-reactive ketones (excluding diaryl/α,β-unsaturated/α-hetero) is 2. The van der Waals surface area contributed by atoms with E-state index in [2.05, 4.69) is 11.9 Å². The van der Waals surface area contributed by atoms with E-state index < -0.39 is 36.6 Å². The minimum absolute atomic E-state index is 0.0761. The standard InChI is InChI=1S/C28H41FN4O5/c1-19(2)26(32(4)28(37)38-18-21-10-6-5-7-11-21)27(36)33-15-9-13-23(33)24(34)16-22(25(35)17-29)12-8-14-31-20(3)30/h5-7,10-11,19,22-23,26,31H,3,8-9,12-18,30H2,1-2,4H3/t22-,23+,26+/m1/s1. The van der Waals surface area contributed by atoms with Gasteiger partial charge in [-0.3, -0.25) is 19.3 Å².